The first kappa shape index (κ1) is 30.7. The quantitative estimate of drug-likeness (QED) is 0.287. The van der Waals surface area contributed by atoms with Gasteiger partial charge in [-0.15, -0.1) is 0 Å². The Balaban J connectivity index is 1.44. The van der Waals surface area contributed by atoms with E-state index in [4.69, 9.17) is 14.2 Å². The van der Waals surface area contributed by atoms with E-state index in [2.05, 4.69) is 21.2 Å². The number of allylic oxidation sites excluding steroid dienone is 1. The molecule has 3 aromatic carbocycles. The lowest BCUT2D eigenvalue weighted by molar-refractivity contribution is -0.146. The summed E-state index contributed by atoms with van der Waals surface area (Å²) in [6.45, 7) is -0.134. The first-order valence-corrected chi connectivity index (χ1v) is 15.4. The second-order valence-corrected chi connectivity index (χ2v) is 12.2. The molecule has 41 heavy (non-hydrogen) atoms. The summed E-state index contributed by atoms with van der Waals surface area (Å²) < 4.78 is 45.6. The third kappa shape index (κ3) is 8.40. The molecule has 218 valence electrons. The largest absolute Gasteiger partial charge is 0.497 e. The van der Waals surface area contributed by atoms with Gasteiger partial charge < -0.3 is 24.6 Å². The minimum Gasteiger partial charge on any atom is -0.497 e. The number of ether oxygens (including phenoxy) is 3. The number of benzene rings is 3. The number of hydrogen-bond acceptors (Lipinski definition) is 7. The van der Waals surface area contributed by atoms with E-state index in [1.807, 2.05) is 54.6 Å². The van der Waals surface area contributed by atoms with E-state index in [0.29, 0.717) is 18.7 Å². The van der Waals surface area contributed by atoms with Crippen LogP contribution in [-0.4, -0.2) is 63.4 Å². The normalized spacial score (nSPS) is 17.0. The first-order valence-electron chi connectivity index (χ1n) is 13.1. The van der Waals surface area contributed by atoms with E-state index in [1.54, 1.807) is 18.2 Å². The number of carbonyl (C=O) groups excluding carboxylic acids is 1. The molecule has 11 heteroatoms. The molecule has 3 aromatic rings. The highest BCUT2D eigenvalue weighted by Gasteiger charge is 2.30. The van der Waals surface area contributed by atoms with Crippen LogP contribution in [0.15, 0.2) is 100 Å². The van der Waals surface area contributed by atoms with Gasteiger partial charge >= 0.3 is 0 Å². The summed E-state index contributed by atoms with van der Waals surface area (Å²) in [4.78, 5) is 13.1. The molecular formula is C30H33BrN2O7S. The van der Waals surface area contributed by atoms with Gasteiger partial charge in [-0.2, -0.15) is 4.31 Å². The summed E-state index contributed by atoms with van der Waals surface area (Å²) in [5.74, 6) is 0.153. The molecule has 9 nitrogen and oxygen atoms in total. The van der Waals surface area contributed by atoms with E-state index < -0.39 is 16.3 Å². The lowest BCUT2D eigenvalue weighted by Gasteiger charge is -2.30. The third-order valence-corrected chi connectivity index (χ3v) is 9.01. The van der Waals surface area contributed by atoms with Crippen molar-refractivity contribution >= 4 is 31.9 Å². The summed E-state index contributed by atoms with van der Waals surface area (Å²) in [5, 5.41) is 12.4. The topological polar surface area (TPSA) is 114 Å². The fourth-order valence-corrected chi connectivity index (χ4v) is 6.05. The van der Waals surface area contributed by atoms with Crippen LogP contribution >= 0.6 is 15.9 Å². The van der Waals surface area contributed by atoms with Crippen LogP contribution in [0.2, 0.25) is 0 Å². The number of amides is 1. The van der Waals surface area contributed by atoms with Gasteiger partial charge in [0.05, 0.1) is 25.2 Å². The molecule has 1 amide bonds. The Hall–Kier alpha value is -3.22. The molecule has 0 saturated carbocycles. The second kappa shape index (κ2) is 14.6. The highest BCUT2D eigenvalue weighted by Crippen LogP contribution is 2.32. The molecule has 0 aliphatic carbocycles. The number of aliphatic hydroxyl groups is 1. The fourth-order valence-electron chi connectivity index (χ4n) is 4.37. The van der Waals surface area contributed by atoms with Gasteiger partial charge in [-0.3, -0.25) is 4.79 Å². The predicted molar refractivity (Wildman–Crippen MR) is 158 cm³/mol. The van der Waals surface area contributed by atoms with Gasteiger partial charge in [-0.05, 0) is 53.6 Å². The minimum absolute atomic E-state index is 0.00791. The lowest BCUT2D eigenvalue weighted by atomic mass is 9.93. The number of hydrogen-bond donors (Lipinski definition) is 2. The van der Waals surface area contributed by atoms with Crippen molar-refractivity contribution in [1.29, 1.82) is 0 Å². The van der Waals surface area contributed by atoms with Crippen molar-refractivity contribution in [3.63, 3.8) is 0 Å². The Morgan fingerprint density at radius 2 is 1.76 bits per heavy atom. The highest BCUT2D eigenvalue weighted by atomic mass is 79.9. The van der Waals surface area contributed by atoms with Crippen molar-refractivity contribution in [3.05, 3.63) is 106 Å². The van der Waals surface area contributed by atoms with Gasteiger partial charge in [0, 0.05) is 36.4 Å². The van der Waals surface area contributed by atoms with Crippen LogP contribution < -0.4 is 10.1 Å². The molecule has 2 atom stereocenters. The van der Waals surface area contributed by atoms with E-state index in [9.17, 15) is 18.3 Å². The average molecular weight is 646 g/mol. The van der Waals surface area contributed by atoms with Crippen LogP contribution in [0.25, 0.3) is 0 Å². The molecule has 4 rings (SSSR count). The Labute approximate surface area is 248 Å². The number of carbonyl (C=O) groups is 1. The molecule has 0 fully saturated rings. The Morgan fingerprint density at radius 1 is 1.05 bits per heavy atom. The maximum atomic E-state index is 13.2. The van der Waals surface area contributed by atoms with Gasteiger partial charge in [0.15, 0.2) is 5.76 Å². The summed E-state index contributed by atoms with van der Waals surface area (Å²) in [5.41, 5.74) is 1.94. The van der Waals surface area contributed by atoms with Crippen LogP contribution in [-0.2, 0) is 30.8 Å². The molecule has 0 radical (unpaired) electrons. The van der Waals surface area contributed by atoms with E-state index in [-0.39, 0.29) is 48.8 Å². The average Bonchev–Trinajstić information content (AvgIpc) is 3.00. The molecule has 0 aromatic heterocycles. The molecule has 1 aliphatic rings. The van der Waals surface area contributed by atoms with E-state index in [0.717, 1.165) is 19.9 Å². The molecule has 0 unspecified atom stereocenters. The standard InChI is InChI=1S/C30H33BrN2O7S/c1-38-26-11-13-27(14-12-26)41(36,37)33(15-17-34)16-18-39-29-20-24(23-7-9-25(31)10-8-23)19-28(40-29)30(35)32-21-22-5-3-2-4-6-22/h2-14,19,24,29,34H,15-18,20-21H2,1H3,(H,32,35)/t24-,29+/m1/s1. The van der Waals surface area contributed by atoms with Crippen molar-refractivity contribution < 1.29 is 32.5 Å². The number of methoxy groups -OCH3 is 1. The molecular weight excluding hydrogens is 612 g/mol. The number of halogens is 1. The number of rotatable bonds is 13. The third-order valence-electron chi connectivity index (χ3n) is 6.57. The highest BCUT2D eigenvalue weighted by molar-refractivity contribution is 9.10. The predicted octanol–water partition coefficient (Wildman–Crippen LogP) is 4.19. The Bertz CT molecular complexity index is 1420. The van der Waals surface area contributed by atoms with Crippen LogP contribution in [0, 0.1) is 0 Å². The zero-order chi connectivity index (χ0) is 29.2. The second-order valence-electron chi connectivity index (χ2n) is 9.31. The van der Waals surface area contributed by atoms with Gasteiger partial charge in [0.2, 0.25) is 16.3 Å². The van der Waals surface area contributed by atoms with Crippen molar-refractivity contribution in [1.82, 2.24) is 9.62 Å². The number of aliphatic hydroxyl groups excluding tert-OH is 1. The maximum absolute atomic E-state index is 13.2. The summed E-state index contributed by atoms with van der Waals surface area (Å²) >= 11 is 3.45. The van der Waals surface area contributed by atoms with Gasteiger partial charge in [-0.1, -0.05) is 58.4 Å². The van der Waals surface area contributed by atoms with Crippen LogP contribution in [0.1, 0.15) is 23.5 Å². The molecule has 1 heterocycles. The van der Waals surface area contributed by atoms with Crippen molar-refractivity contribution in [3.8, 4) is 5.75 Å². The number of sulfonamides is 1. The fraction of sp³-hybridized carbons (Fsp3) is 0.300. The SMILES string of the molecule is COc1ccc(S(=O)(=O)N(CCO)CCO[C@@H]2C[C@H](c3ccc(Br)cc3)C=C(C(=O)NCc3ccccc3)O2)cc1. The smallest absolute Gasteiger partial charge is 0.286 e. The molecule has 1 aliphatic heterocycles. The Kier molecular flexibility index (Phi) is 10.9. The van der Waals surface area contributed by atoms with Crippen LogP contribution in [0.4, 0.5) is 0 Å². The summed E-state index contributed by atoms with van der Waals surface area (Å²) in [7, 11) is -2.39. The minimum atomic E-state index is -3.89. The van der Waals surface area contributed by atoms with Crippen molar-refractivity contribution in [2.24, 2.45) is 0 Å². The monoisotopic (exact) mass is 644 g/mol. The Morgan fingerprint density at radius 3 is 2.41 bits per heavy atom. The van der Waals surface area contributed by atoms with Gasteiger partial charge in [0.1, 0.15) is 5.75 Å². The first-order chi connectivity index (χ1) is 19.8. The van der Waals surface area contributed by atoms with Crippen LogP contribution in [0.3, 0.4) is 0 Å². The van der Waals surface area contributed by atoms with Crippen molar-refractivity contribution in [2.75, 3.05) is 33.4 Å². The molecule has 0 bridgehead atoms. The van der Waals surface area contributed by atoms with Crippen molar-refractivity contribution in [2.45, 2.75) is 30.1 Å². The van der Waals surface area contributed by atoms with E-state index in [1.165, 1.54) is 19.2 Å². The van der Waals surface area contributed by atoms with E-state index >= 15 is 0 Å². The van der Waals surface area contributed by atoms with Crippen LogP contribution in [0.5, 0.6) is 5.75 Å². The van der Waals surface area contributed by atoms with Gasteiger partial charge in [0.25, 0.3) is 5.91 Å². The number of nitrogens with zero attached hydrogens (tertiary/aromatic N) is 1. The summed E-state index contributed by atoms with van der Waals surface area (Å²) in [6, 6.07) is 23.4. The zero-order valence-corrected chi connectivity index (χ0v) is 25.0. The molecule has 0 saturated heterocycles. The number of nitrogens with one attached hydrogen (secondary N) is 1. The molecule has 0 spiro atoms. The maximum Gasteiger partial charge on any atom is 0.286 e. The zero-order valence-electron chi connectivity index (χ0n) is 22.6. The lowest BCUT2D eigenvalue weighted by Crippen LogP contribution is -2.38. The molecule has 2 N–H and O–H groups in total. The summed E-state index contributed by atoms with van der Waals surface area (Å²) in [6.07, 6.45) is 1.43. The van der Waals surface area contributed by atoms with Gasteiger partial charge in [-0.25, -0.2) is 8.42 Å².